The van der Waals surface area contributed by atoms with Crippen LogP contribution in [0.1, 0.15) is 35.2 Å². The van der Waals surface area contributed by atoms with Crippen molar-refractivity contribution < 1.29 is 4.79 Å². The molecule has 5 heteroatoms. The Bertz CT molecular complexity index is 981. The molecule has 0 aliphatic carbocycles. The minimum Gasteiger partial charge on any atom is -0.335 e. The van der Waals surface area contributed by atoms with Crippen LogP contribution in [0, 0.1) is 0 Å². The molecule has 1 amide bonds. The Kier molecular flexibility index (Phi) is 4.52. The van der Waals surface area contributed by atoms with Crippen molar-refractivity contribution in [3.63, 3.8) is 0 Å². The zero-order valence-electron chi connectivity index (χ0n) is 14.5. The highest BCUT2D eigenvalue weighted by molar-refractivity contribution is 5.94. The number of hydrogen-bond donors (Lipinski definition) is 0. The molecule has 1 saturated heterocycles. The molecule has 1 fully saturated rings. The van der Waals surface area contributed by atoms with Crippen LogP contribution in [0.2, 0.25) is 0 Å². The first-order valence-electron chi connectivity index (χ1n) is 9.05. The molecule has 3 heterocycles. The maximum absolute atomic E-state index is 13.1. The monoisotopic (exact) mass is 347 g/mol. The summed E-state index contributed by atoms with van der Waals surface area (Å²) in [5.41, 5.74) is 1.61. The molecule has 0 unspecified atom stereocenters. The fraction of sp³-hybridized carbons (Fsp3) is 0.286. The molecule has 1 aromatic carbocycles. The van der Waals surface area contributed by atoms with E-state index in [-0.39, 0.29) is 23.1 Å². The fourth-order valence-corrected chi connectivity index (χ4v) is 3.69. The highest BCUT2D eigenvalue weighted by Gasteiger charge is 2.29. The number of fused-ring (bicyclic) bond motifs is 1. The van der Waals surface area contributed by atoms with Gasteiger partial charge in [0.15, 0.2) is 0 Å². The summed E-state index contributed by atoms with van der Waals surface area (Å²) in [4.78, 5) is 32.0. The Morgan fingerprint density at radius 1 is 1.08 bits per heavy atom. The second-order valence-electron chi connectivity index (χ2n) is 6.74. The number of pyridine rings is 1. The second-order valence-corrected chi connectivity index (χ2v) is 6.74. The van der Waals surface area contributed by atoms with Gasteiger partial charge >= 0.3 is 0 Å². The van der Waals surface area contributed by atoms with Crippen molar-refractivity contribution in [3.05, 3.63) is 82.4 Å². The maximum atomic E-state index is 13.1. The molecule has 26 heavy (non-hydrogen) atoms. The summed E-state index contributed by atoms with van der Waals surface area (Å²) in [6.07, 6.45) is 6.93. The molecule has 0 saturated carbocycles. The smallest absolute Gasteiger partial charge is 0.270 e. The van der Waals surface area contributed by atoms with Gasteiger partial charge in [0, 0.05) is 25.0 Å². The van der Waals surface area contributed by atoms with Crippen molar-refractivity contribution in [3.8, 4) is 0 Å². The number of hydrogen-bond acceptors (Lipinski definition) is 3. The minimum atomic E-state index is -0.301. The summed E-state index contributed by atoms with van der Waals surface area (Å²) in [5, 5.41) is 0. The summed E-state index contributed by atoms with van der Waals surface area (Å²) in [7, 11) is 0. The lowest BCUT2D eigenvalue weighted by Gasteiger charge is -2.35. The molecule has 0 N–H and O–H groups in total. The molecule has 2 aromatic heterocycles. The SMILES string of the molecule is O=C(c1cnc2ccccn2c1=O)N1CCCC[C@H]1Cc1ccccc1. The Morgan fingerprint density at radius 3 is 2.73 bits per heavy atom. The number of carbonyl (C=O) groups excluding carboxylic acids is 1. The molecule has 132 valence electrons. The molecule has 0 radical (unpaired) electrons. The molecule has 5 nitrogen and oxygen atoms in total. The predicted octanol–water partition coefficient (Wildman–Crippen LogP) is 2.93. The van der Waals surface area contributed by atoms with Crippen LogP contribution in [0.4, 0.5) is 0 Å². The fourth-order valence-electron chi connectivity index (χ4n) is 3.69. The number of piperidine rings is 1. The van der Waals surface area contributed by atoms with Gasteiger partial charge in [0.25, 0.3) is 11.5 Å². The van der Waals surface area contributed by atoms with Gasteiger partial charge in [-0.3, -0.25) is 14.0 Å². The van der Waals surface area contributed by atoms with Crippen molar-refractivity contribution in [1.29, 1.82) is 0 Å². The van der Waals surface area contributed by atoms with Crippen LogP contribution in [0.3, 0.4) is 0 Å². The molecule has 1 aliphatic heterocycles. The lowest BCUT2D eigenvalue weighted by Crippen LogP contribution is -2.46. The Labute approximate surface area is 151 Å². The van der Waals surface area contributed by atoms with Crippen molar-refractivity contribution in [2.45, 2.75) is 31.7 Å². The summed E-state index contributed by atoms with van der Waals surface area (Å²) >= 11 is 0. The number of aromatic nitrogens is 2. The van der Waals surface area contributed by atoms with Crippen LogP contribution in [0.25, 0.3) is 5.65 Å². The van der Waals surface area contributed by atoms with Crippen molar-refractivity contribution >= 4 is 11.6 Å². The highest BCUT2D eigenvalue weighted by Crippen LogP contribution is 2.22. The van der Waals surface area contributed by atoms with Gasteiger partial charge in [-0.1, -0.05) is 36.4 Å². The van der Waals surface area contributed by atoms with E-state index in [4.69, 9.17) is 0 Å². The molecule has 0 spiro atoms. The molecule has 3 aromatic rings. The molecule has 0 bridgehead atoms. The van der Waals surface area contributed by atoms with Crippen LogP contribution in [-0.2, 0) is 6.42 Å². The normalized spacial score (nSPS) is 17.4. The van der Waals surface area contributed by atoms with Gasteiger partial charge in [-0.2, -0.15) is 0 Å². The summed E-state index contributed by atoms with van der Waals surface area (Å²) < 4.78 is 1.43. The van der Waals surface area contributed by atoms with Gasteiger partial charge in [0.2, 0.25) is 0 Å². The van der Waals surface area contributed by atoms with Crippen LogP contribution in [-0.4, -0.2) is 32.8 Å². The largest absolute Gasteiger partial charge is 0.335 e. The van der Waals surface area contributed by atoms with E-state index < -0.39 is 0 Å². The predicted molar refractivity (Wildman–Crippen MR) is 100 cm³/mol. The zero-order valence-corrected chi connectivity index (χ0v) is 14.5. The Hall–Kier alpha value is -2.95. The number of rotatable bonds is 3. The van der Waals surface area contributed by atoms with E-state index in [1.807, 2.05) is 29.2 Å². The minimum absolute atomic E-state index is 0.120. The molecular weight excluding hydrogens is 326 g/mol. The Morgan fingerprint density at radius 2 is 1.88 bits per heavy atom. The van der Waals surface area contributed by atoms with Crippen molar-refractivity contribution in [1.82, 2.24) is 14.3 Å². The van der Waals surface area contributed by atoms with E-state index in [9.17, 15) is 9.59 Å². The third-order valence-electron chi connectivity index (χ3n) is 5.05. The first kappa shape index (κ1) is 16.5. The quantitative estimate of drug-likeness (QED) is 0.732. The first-order valence-corrected chi connectivity index (χ1v) is 9.05. The average Bonchev–Trinajstić information content (AvgIpc) is 2.69. The number of amides is 1. The second kappa shape index (κ2) is 7.12. The third kappa shape index (κ3) is 3.12. The van der Waals surface area contributed by atoms with Gasteiger partial charge in [0.1, 0.15) is 11.2 Å². The number of benzene rings is 1. The summed E-state index contributed by atoms with van der Waals surface area (Å²) in [6, 6.07) is 15.7. The number of nitrogens with zero attached hydrogens (tertiary/aromatic N) is 3. The Balaban J connectivity index is 1.65. The maximum Gasteiger partial charge on any atom is 0.270 e. The van der Waals surface area contributed by atoms with Crippen LogP contribution >= 0.6 is 0 Å². The lowest BCUT2D eigenvalue weighted by atomic mass is 9.95. The molecule has 1 aliphatic rings. The van der Waals surface area contributed by atoms with Crippen LogP contribution in [0.5, 0.6) is 0 Å². The molecule has 1 atom stereocenters. The molecule has 4 rings (SSSR count). The summed E-state index contributed by atoms with van der Waals surface area (Å²) in [6.45, 7) is 0.688. The highest BCUT2D eigenvalue weighted by atomic mass is 16.2. The van der Waals surface area contributed by atoms with E-state index in [0.717, 1.165) is 25.7 Å². The van der Waals surface area contributed by atoms with Gasteiger partial charge in [0.05, 0.1) is 0 Å². The van der Waals surface area contributed by atoms with E-state index in [2.05, 4.69) is 17.1 Å². The van der Waals surface area contributed by atoms with Gasteiger partial charge < -0.3 is 4.90 Å². The van der Waals surface area contributed by atoms with E-state index in [1.54, 1.807) is 18.3 Å². The van der Waals surface area contributed by atoms with Gasteiger partial charge in [-0.05, 0) is 43.4 Å². The zero-order chi connectivity index (χ0) is 17.9. The van der Waals surface area contributed by atoms with Crippen LogP contribution in [0.15, 0.2) is 65.7 Å². The number of likely N-dealkylation sites (tertiary alicyclic amines) is 1. The third-order valence-corrected chi connectivity index (χ3v) is 5.05. The lowest BCUT2D eigenvalue weighted by molar-refractivity contribution is 0.0611. The van der Waals surface area contributed by atoms with Crippen LogP contribution < -0.4 is 5.56 Å². The molecular formula is C21H21N3O2. The van der Waals surface area contributed by atoms with E-state index in [0.29, 0.717) is 12.2 Å². The van der Waals surface area contributed by atoms with Crippen molar-refractivity contribution in [2.75, 3.05) is 6.54 Å². The summed E-state index contributed by atoms with van der Waals surface area (Å²) in [5.74, 6) is -0.207. The van der Waals surface area contributed by atoms with Gasteiger partial charge in [-0.25, -0.2) is 4.98 Å². The standard InChI is InChI=1S/C21H21N3O2/c25-20(18-15-22-19-11-5-7-13-24(19)21(18)26)23-12-6-4-10-17(23)14-16-8-2-1-3-9-16/h1-3,5,7-9,11,13,15,17H,4,6,10,12,14H2/t17-/m0/s1. The first-order chi connectivity index (χ1) is 12.7. The number of carbonyl (C=O) groups is 1. The van der Waals surface area contributed by atoms with E-state index >= 15 is 0 Å². The average molecular weight is 347 g/mol. The topological polar surface area (TPSA) is 54.7 Å². The van der Waals surface area contributed by atoms with Gasteiger partial charge in [-0.15, -0.1) is 0 Å². The van der Waals surface area contributed by atoms with Crippen molar-refractivity contribution in [2.24, 2.45) is 0 Å². The van der Waals surface area contributed by atoms with E-state index in [1.165, 1.54) is 16.2 Å².